The fraction of sp³-hybridized carbons (Fsp3) is 0.562. The molecule has 0 atom stereocenters. The Hall–Kier alpha value is -1.31. The van der Waals surface area contributed by atoms with Crippen molar-refractivity contribution in [3.05, 3.63) is 36.1 Å². The quantitative estimate of drug-likeness (QED) is 0.582. The summed E-state index contributed by atoms with van der Waals surface area (Å²) in [5.74, 6) is 0.154. The summed E-state index contributed by atoms with van der Waals surface area (Å²) in [5.41, 5.74) is 2.68. The van der Waals surface area contributed by atoms with Gasteiger partial charge in [0.15, 0.2) is 0 Å². The minimum Gasteiger partial charge on any atom is -0.316 e. The lowest BCUT2D eigenvalue weighted by molar-refractivity contribution is -0.128. The van der Waals surface area contributed by atoms with E-state index in [9.17, 15) is 4.79 Å². The van der Waals surface area contributed by atoms with E-state index < -0.39 is 0 Å². The third-order valence-electron chi connectivity index (χ3n) is 2.73. The summed E-state index contributed by atoms with van der Waals surface area (Å²) in [6.07, 6.45) is 9.58. The molecule has 0 aliphatic carbocycles. The van der Waals surface area contributed by atoms with Crippen LogP contribution in [0.2, 0.25) is 0 Å². The van der Waals surface area contributed by atoms with E-state index in [4.69, 9.17) is 0 Å². The van der Waals surface area contributed by atoms with Crippen molar-refractivity contribution in [3.63, 3.8) is 0 Å². The molecule has 0 aliphatic heterocycles. The van der Waals surface area contributed by atoms with Crippen molar-refractivity contribution in [1.29, 1.82) is 0 Å². The largest absolute Gasteiger partial charge is 0.316 e. The van der Waals surface area contributed by atoms with Gasteiger partial charge in [-0.15, -0.1) is 0 Å². The van der Waals surface area contributed by atoms with Crippen molar-refractivity contribution in [2.24, 2.45) is 0 Å². The molecular weight excluding hydrogens is 222 g/mol. The first-order valence-electron chi connectivity index (χ1n) is 6.72. The van der Waals surface area contributed by atoms with Crippen LogP contribution in [0.3, 0.4) is 0 Å². The highest BCUT2D eigenvalue weighted by atomic mass is 16.2. The summed E-state index contributed by atoms with van der Waals surface area (Å²) in [5, 5.41) is 0. The van der Waals surface area contributed by atoms with Gasteiger partial charge in [0.05, 0.1) is 0 Å². The first-order valence-corrected chi connectivity index (χ1v) is 6.72. The lowest BCUT2D eigenvalue weighted by Crippen LogP contribution is -2.25. The average molecular weight is 249 g/mol. The summed E-state index contributed by atoms with van der Waals surface area (Å²) in [6, 6.07) is 0. The topological polar surface area (TPSA) is 20.3 Å². The van der Waals surface area contributed by atoms with Crippen LogP contribution in [0, 0.1) is 0 Å². The minimum atomic E-state index is 0.154. The van der Waals surface area contributed by atoms with Crippen molar-refractivity contribution in [1.82, 2.24) is 4.90 Å². The van der Waals surface area contributed by atoms with Crippen LogP contribution in [0.5, 0.6) is 0 Å². The SMILES string of the molecule is C=CN(CC=C(C)CCC=C(C)C)C(=O)CCC. The number of hydrogen-bond donors (Lipinski definition) is 0. The van der Waals surface area contributed by atoms with E-state index in [0.717, 1.165) is 19.3 Å². The molecular formula is C16H27NO. The van der Waals surface area contributed by atoms with E-state index in [1.54, 1.807) is 11.1 Å². The van der Waals surface area contributed by atoms with Crippen molar-refractivity contribution >= 4 is 5.91 Å². The maximum absolute atomic E-state index is 11.7. The molecule has 0 heterocycles. The number of amides is 1. The smallest absolute Gasteiger partial charge is 0.226 e. The zero-order valence-corrected chi connectivity index (χ0v) is 12.3. The second-order valence-electron chi connectivity index (χ2n) is 4.85. The number of hydrogen-bond acceptors (Lipinski definition) is 1. The highest BCUT2D eigenvalue weighted by Crippen LogP contribution is 2.07. The lowest BCUT2D eigenvalue weighted by atomic mass is 10.1. The van der Waals surface area contributed by atoms with Gasteiger partial charge < -0.3 is 4.90 Å². The Balaban J connectivity index is 4.20. The van der Waals surface area contributed by atoms with Gasteiger partial charge in [-0.05, 0) is 46.2 Å². The highest BCUT2D eigenvalue weighted by molar-refractivity contribution is 5.77. The molecule has 0 rings (SSSR count). The van der Waals surface area contributed by atoms with Gasteiger partial charge in [-0.1, -0.05) is 36.8 Å². The minimum absolute atomic E-state index is 0.154. The van der Waals surface area contributed by atoms with Crippen LogP contribution in [0.25, 0.3) is 0 Å². The molecule has 102 valence electrons. The number of nitrogens with zero attached hydrogens (tertiary/aromatic N) is 1. The van der Waals surface area contributed by atoms with Crippen LogP contribution in [0.4, 0.5) is 0 Å². The molecule has 0 radical (unpaired) electrons. The first kappa shape index (κ1) is 16.7. The molecule has 18 heavy (non-hydrogen) atoms. The van der Waals surface area contributed by atoms with Crippen molar-refractivity contribution in [3.8, 4) is 0 Å². The van der Waals surface area contributed by atoms with Crippen molar-refractivity contribution in [2.45, 2.75) is 53.4 Å². The maximum atomic E-state index is 11.7. The molecule has 0 unspecified atom stereocenters. The van der Waals surface area contributed by atoms with E-state index in [-0.39, 0.29) is 5.91 Å². The molecule has 1 amide bonds. The second-order valence-corrected chi connectivity index (χ2v) is 4.85. The van der Waals surface area contributed by atoms with Crippen LogP contribution < -0.4 is 0 Å². The Morgan fingerprint density at radius 2 is 1.83 bits per heavy atom. The van der Waals surface area contributed by atoms with Gasteiger partial charge in [-0.3, -0.25) is 4.79 Å². The van der Waals surface area contributed by atoms with Crippen LogP contribution in [-0.4, -0.2) is 17.4 Å². The van der Waals surface area contributed by atoms with E-state index >= 15 is 0 Å². The predicted octanol–water partition coefficient (Wildman–Crippen LogP) is 4.45. The van der Waals surface area contributed by atoms with E-state index in [1.807, 2.05) is 6.92 Å². The predicted molar refractivity (Wildman–Crippen MR) is 79.2 cm³/mol. The van der Waals surface area contributed by atoms with Gasteiger partial charge in [-0.2, -0.15) is 0 Å². The zero-order chi connectivity index (χ0) is 14.0. The average Bonchev–Trinajstić information content (AvgIpc) is 2.29. The monoisotopic (exact) mass is 249 g/mol. The Bertz CT molecular complexity index is 322. The first-order chi connectivity index (χ1) is 8.51. The number of carbonyl (C=O) groups excluding carboxylic acids is 1. The van der Waals surface area contributed by atoms with Crippen LogP contribution in [0.15, 0.2) is 36.1 Å². The van der Waals surface area contributed by atoms with Gasteiger partial charge in [0, 0.05) is 13.0 Å². The van der Waals surface area contributed by atoms with Gasteiger partial charge in [0.1, 0.15) is 0 Å². The molecule has 0 aromatic rings. The summed E-state index contributed by atoms with van der Waals surface area (Å²) < 4.78 is 0. The number of allylic oxidation sites excluding steroid dienone is 3. The molecule has 0 saturated carbocycles. The van der Waals surface area contributed by atoms with Crippen LogP contribution in [-0.2, 0) is 4.79 Å². The molecule has 0 fully saturated rings. The molecule has 0 bridgehead atoms. The van der Waals surface area contributed by atoms with Crippen molar-refractivity contribution < 1.29 is 4.79 Å². The Labute approximate surface area is 112 Å². The van der Waals surface area contributed by atoms with E-state index in [1.165, 1.54) is 11.1 Å². The third kappa shape index (κ3) is 7.88. The highest BCUT2D eigenvalue weighted by Gasteiger charge is 2.06. The van der Waals surface area contributed by atoms with Gasteiger partial charge in [0.25, 0.3) is 0 Å². The lowest BCUT2D eigenvalue weighted by Gasteiger charge is -2.16. The molecule has 0 saturated heterocycles. The number of rotatable bonds is 8. The molecule has 2 heteroatoms. The normalized spacial score (nSPS) is 11.0. The van der Waals surface area contributed by atoms with Crippen LogP contribution >= 0.6 is 0 Å². The molecule has 0 aliphatic rings. The van der Waals surface area contributed by atoms with Gasteiger partial charge >= 0.3 is 0 Å². The van der Waals surface area contributed by atoms with Crippen molar-refractivity contribution in [2.75, 3.05) is 6.54 Å². The second kappa shape index (κ2) is 9.69. The standard InChI is InChI=1S/C16H27NO/c1-6-9-16(18)17(7-2)13-12-15(5)11-8-10-14(3)4/h7,10,12H,2,6,8-9,11,13H2,1,3-5H3. The zero-order valence-electron chi connectivity index (χ0n) is 12.3. The molecule has 0 aromatic carbocycles. The summed E-state index contributed by atoms with van der Waals surface area (Å²) >= 11 is 0. The Kier molecular flexibility index (Phi) is 8.99. The molecule has 0 spiro atoms. The molecule has 0 aromatic heterocycles. The fourth-order valence-electron chi connectivity index (χ4n) is 1.58. The van der Waals surface area contributed by atoms with Gasteiger partial charge in [-0.25, -0.2) is 0 Å². The van der Waals surface area contributed by atoms with Gasteiger partial charge in [0.2, 0.25) is 5.91 Å². The molecule has 0 N–H and O–H groups in total. The Morgan fingerprint density at radius 3 is 2.33 bits per heavy atom. The summed E-state index contributed by atoms with van der Waals surface area (Å²) in [7, 11) is 0. The summed E-state index contributed by atoms with van der Waals surface area (Å²) in [4.78, 5) is 13.4. The van der Waals surface area contributed by atoms with E-state index in [0.29, 0.717) is 13.0 Å². The Morgan fingerprint density at radius 1 is 1.17 bits per heavy atom. The molecule has 2 nitrogen and oxygen atoms in total. The summed E-state index contributed by atoms with van der Waals surface area (Å²) in [6.45, 7) is 12.7. The van der Waals surface area contributed by atoms with Crippen LogP contribution in [0.1, 0.15) is 53.4 Å². The third-order valence-corrected chi connectivity index (χ3v) is 2.73. The fourth-order valence-corrected chi connectivity index (χ4v) is 1.58. The number of carbonyl (C=O) groups is 1. The van der Waals surface area contributed by atoms with E-state index in [2.05, 4.69) is 39.5 Å². The maximum Gasteiger partial charge on any atom is 0.226 e.